The van der Waals surface area contributed by atoms with Crippen molar-refractivity contribution in [3.8, 4) is 22.6 Å². The van der Waals surface area contributed by atoms with E-state index in [-0.39, 0.29) is 17.1 Å². The normalized spacial score (nSPS) is 10.5. The zero-order valence-electron chi connectivity index (χ0n) is 12.9. The molecule has 1 heterocycles. The summed E-state index contributed by atoms with van der Waals surface area (Å²) in [6.45, 7) is 5.06. The Morgan fingerprint density at radius 2 is 1.83 bits per heavy atom. The van der Waals surface area contributed by atoms with Gasteiger partial charge in [0, 0.05) is 17.0 Å². The Morgan fingerprint density at radius 3 is 2.50 bits per heavy atom. The van der Waals surface area contributed by atoms with Crippen LogP contribution < -0.4 is 10.4 Å². The number of phenolic OH excluding ortho intramolecular Hbond substituents is 1. The Balaban J connectivity index is 2.03. The van der Waals surface area contributed by atoms with Crippen LogP contribution in [0.25, 0.3) is 22.1 Å². The average molecular weight is 322 g/mol. The molecule has 0 aliphatic rings. The lowest BCUT2D eigenvalue weighted by Crippen LogP contribution is -2.08. The Hall–Kier alpha value is -3.34. The van der Waals surface area contributed by atoms with Gasteiger partial charge >= 0.3 is 11.6 Å². The molecule has 0 radical (unpaired) electrons. The second kappa shape index (κ2) is 6.04. The molecule has 0 saturated carbocycles. The van der Waals surface area contributed by atoms with E-state index in [9.17, 15) is 14.7 Å². The number of fused-ring (bicyclic) bond motifs is 1. The summed E-state index contributed by atoms with van der Waals surface area (Å²) in [6, 6.07) is 12.8. The molecule has 0 atom stereocenters. The molecule has 120 valence electrons. The van der Waals surface area contributed by atoms with Gasteiger partial charge in [0.05, 0.1) is 5.56 Å². The third-order valence-corrected chi connectivity index (χ3v) is 3.44. The lowest BCUT2D eigenvalue weighted by atomic mass is 10.1. The fourth-order valence-electron chi connectivity index (χ4n) is 2.19. The number of carbonyl (C=O) groups excluding carboxylic acids is 1. The highest BCUT2D eigenvalue weighted by Crippen LogP contribution is 2.25. The first-order valence-corrected chi connectivity index (χ1v) is 7.19. The SMILES string of the molecule is C=C(C)C(=O)Oc1ccc2cc(-c3ccc(O)cc3)c(=O)oc2c1. The fraction of sp³-hybridized carbons (Fsp3) is 0.0526. The molecule has 5 nitrogen and oxygen atoms in total. The first-order chi connectivity index (χ1) is 11.4. The zero-order valence-corrected chi connectivity index (χ0v) is 12.9. The smallest absolute Gasteiger partial charge is 0.344 e. The summed E-state index contributed by atoms with van der Waals surface area (Å²) in [7, 11) is 0. The van der Waals surface area contributed by atoms with Crippen molar-refractivity contribution in [2.24, 2.45) is 0 Å². The molecule has 1 aromatic heterocycles. The van der Waals surface area contributed by atoms with Gasteiger partial charge in [0.25, 0.3) is 0 Å². The second-order valence-electron chi connectivity index (χ2n) is 5.36. The largest absolute Gasteiger partial charge is 0.508 e. The van der Waals surface area contributed by atoms with Crippen LogP contribution in [0.4, 0.5) is 0 Å². The number of esters is 1. The molecule has 0 aliphatic carbocycles. The third kappa shape index (κ3) is 3.05. The molecule has 1 N–H and O–H groups in total. The van der Waals surface area contributed by atoms with Crippen LogP contribution in [0.15, 0.2) is 69.9 Å². The minimum absolute atomic E-state index is 0.118. The first-order valence-electron chi connectivity index (χ1n) is 7.19. The van der Waals surface area contributed by atoms with Crippen molar-refractivity contribution in [2.45, 2.75) is 6.92 Å². The van der Waals surface area contributed by atoms with E-state index < -0.39 is 11.6 Å². The van der Waals surface area contributed by atoms with Gasteiger partial charge < -0.3 is 14.3 Å². The average Bonchev–Trinajstić information content (AvgIpc) is 2.55. The molecule has 0 aliphatic heterocycles. The van der Waals surface area contributed by atoms with Gasteiger partial charge in [0.1, 0.15) is 17.1 Å². The first kappa shape index (κ1) is 15.6. The summed E-state index contributed by atoms with van der Waals surface area (Å²) >= 11 is 0. The van der Waals surface area contributed by atoms with Crippen LogP contribution in [-0.4, -0.2) is 11.1 Å². The van der Waals surface area contributed by atoms with Gasteiger partial charge in [-0.3, -0.25) is 0 Å². The van der Waals surface area contributed by atoms with Gasteiger partial charge in [-0.05, 0) is 42.8 Å². The highest BCUT2D eigenvalue weighted by atomic mass is 16.5. The van der Waals surface area contributed by atoms with Gasteiger partial charge in [-0.25, -0.2) is 9.59 Å². The van der Waals surface area contributed by atoms with E-state index in [1.807, 2.05) is 0 Å². The number of aromatic hydroxyl groups is 1. The van der Waals surface area contributed by atoms with E-state index in [2.05, 4.69) is 6.58 Å². The van der Waals surface area contributed by atoms with E-state index in [0.29, 0.717) is 22.1 Å². The Morgan fingerprint density at radius 1 is 1.12 bits per heavy atom. The third-order valence-electron chi connectivity index (χ3n) is 3.44. The summed E-state index contributed by atoms with van der Waals surface area (Å²) < 4.78 is 10.5. The molecule has 3 rings (SSSR count). The van der Waals surface area contributed by atoms with Gasteiger partial charge in [0.2, 0.25) is 0 Å². The molecule has 3 aromatic rings. The van der Waals surface area contributed by atoms with Crippen LogP contribution >= 0.6 is 0 Å². The molecule has 2 aromatic carbocycles. The molecule has 0 saturated heterocycles. The lowest BCUT2D eigenvalue weighted by molar-refractivity contribution is -0.130. The standard InChI is InChI=1S/C19H14O5/c1-11(2)18(21)23-15-8-5-13-9-16(19(22)24-17(13)10-15)12-3-6-14(20)7-4-12/h3-10,20H,1H2,2H3. The maximum atomic E-state index is 12.2. The van der Waals surface area contributed by atoms with Crippen molar-refractivity contribution in [3.63, 3.8) is 0 Å². The molecule has 5 heteroatoms. The molecular weight excluding hydrogens is 308 g/mol. The summed E-state index contributed by atoms with van der Waals surface area (Å²) in [5, 5.41) is 10.0. The van der Waals surface area contributed by atoms with Crippen molar-refractivity contribution in [2.75, 3.05) is 0 Å². The van der Waals surface area contributed by atoms with Crippen LogP contribution in [0, 0.1) is 0 Å². The van der Waals surface area contributed by atoms with Gasteiger partial charge in [-0.15, -0.1) is 0 Å². The Labute approximate surface area is 137 Å². The Kier molecular flexibility index (Phi) is 3.92. The van der Waals surface area contributed by atoms with Crippen molar-refractivity contribution >= 4 is 16.9 Å². The molecule has 24 heavy (non-hydrogen) atoms. The van der Waals surface area contributed by atoms with Crippen molar-refractivity contribution in [3.05, 3.63) is 71.1 Å². The molecule has 0 fully saturated rings. The molecular formula is C19H14O5. The van der Waals surface area contributed by atoms with E-state index in [1.165, 1.54) is 18.2 Å². The molecule has 0 spiro atoms. The van der Waals surface area contributed by atoms with Gasteiger partial charge in [-0.1, -0.05) is 18.7 Å². The fourth-order valence-corrected chi connectivity index (χ4v) is 2.19. The van der Waals surface area contributed by atoms with E-state index in [0.717, 1.165) is 0 Å². The maximum absolute atomic E-state index is 12.2. The van der Waals surface area contributed by atoms with Crippen molar-refractivity contribution < 1.29 is 19.1 Å². The van der Waals surface area contributed by atoms with Crippen LogP contribution in [0.1, 0.15) is 6.92 Å². The zero-order chi connectivity index (χ0) is 17.3. The van der Waals surface area contributed by atoms with Crippen LogP contribution in [-0.2, 0) is 4.79 Å². The summed E-state index contributed by atoms with van der Waals surface area (Å²) in [6.07, 6.45) is 0. The van der Waals surface area contributed by atoms with Crippen LogP contribution in [0.5, 0.6) is 11.5 Å². The number of hydrogen-bond acceptors (Lipinski definition) is 5. The number of rotatable bonds is 3. The van der Waals surface area contributed by atoms with E-state index in [4.69, 9.17) is 9.15 Å². The monoisotopic (exact) mass is 322 g/mol. The van der Waals surface area contributed by atoms with Crippen LogP contribution in [0.2, 0.25) is 0 Å². The number of benzene rings is 2. The Bertz CT molecular complexity index is 996. The quantitative estimate of drug-likeness (QED) is 0.345. The number of carbonyl (C=O) groups is 1. The predicted molar refractivity (Wildman–Crippen MR) is 90.0 cm³/mol. The molecule has 0 amide bonds. The number of ether oxygens (including phenoxy) is 1. The summed E-state index contributed by atoms with van der Waals surface area (Å²) in [4.78, 5) is 23.8. The highest BCUT2D eigenvalue weighted by molar-refractivity contribution is 5.90. The molecule has 0 unspecified atom stereocenters. The van der Waals surface area contributed by atoms with Crippen molar-refractivity contribution in [1.29, 1.82) is 0 Å². The minimum atomic E-state index is -0.544. The van der Waals surface area contributed by atoms with E-state index >= 15 is 0 Å². The van der Waals surface area contributed by atoms with Gasteiger partial charge in [0.15, 0.2) is 0 Å². The second-order valence-corrected chi connectivity index (χ2v) is 5.36. The summed E-state index contributed by atoms with van der Waals surface area (Å²) in [5.74, 6) is -0.152. The number of hydrogen-bond donors (Lipinski definition) is 1. The topological polar surface area (TPSA) is 76.7 Å². The van der Waals surface area contributed by atoms with Crippen molar-refractivity contribution in [1.82, 2.24) is 0 Å². The lowest BCUT2D eigenvalue weighted by Gasteiger charge is -2.06. The van der Waals surface area contributed by atoms with E-state index in [1.54, 1.807) is 37.3 Å². The minimum Gasteiger partial charge on any atom is -0.508 e. The van der Waals surface area contributed by atoms with Crippen LogP contribution in [0.3, 0.4) is 0 Å². The van der Waals surface area contributed by atoms with Gasteiger partial charge in [-0.2, -0.15) is 0 Å². The highest BCUT2D eigenvalue weighted by Gasteiger charge is 2.10. The summed E-state index contributed by atoms with van der Waals surface area (Å²) in [5.41, 5.74) is 1.10. The maximum Gasteiger partial charge on any atom is 0.344 e. The predicted octanol–water partition coefficient (Wildman–Crippen LogP) is 3.65. The number of phenols is 1. The molecule has 0 bridgehead atoms.